The first-order chi connectivity index (χ1) is 9.30. The number of aliphatic carboxylic acids is 1. The van der Waals surface area contributed by atoms with E-state index in [1.807, 2.05) is 0 Å². The van der Waals surface area contributed by atoms with E-state index < -0.39 is 32.5 Å². The molecule has 0 spiro atoms. The molecule has 0 heterocycles. The van der Waals surface area contributed by atoms with E-state index in [-0.39, 0.29) is 19.0 Å². The second kappa shape index (κ2) is 5.45. The minimum Gasteiger partial charge on any atom is -0.481 e. The van der Waals surface area contributed by atoms with Crippen LogP contribution in [0.4, 0.5) is 8.78 Å². The van der Waals surface area contributed by atoms with Crippen molar-refractivity contribution in [3.63, 3.8) is 0 Å². The van der Waals surface area contributed by atoms with Gasteiger partial charge in [0.1, 0.15) is 11.6 Å². The molecular formula is C12H13F2NO4S. The first kappa shape index (κ1) is 14.9. The molecule has 1 saturated carbocycles. The number of rotatable bonds is 6. The summed E-state index contributed by atoms with van der Waals surface area (Å²) >= 11 is 0. The Bertz CT molecular complexity index is 608. The van der Waals surface area contributed by atoms with Gasteiger partial charge in [-0.1, -0.05) is 0 Å². The van der Waals surface area contributed by atoms with E-state index in [2.05, 4.69) is 0 Å². The average molecular weight is 305 g/mol. The minimum absolute atomic E-state index is 0.208. The number of nitrogens with zero attached hydrogens (tertiary/aromatic N) is 1. The van der Waals surface area contributed by atoms with Gasteiger partial charge in [0.05, 0.1) is 11.3 Å². The number of halogens is 2. The molecular weight excluding hydrogens is 292 g/mol. The average Bonchev–Trinajstić information content (AvgIpc) is 3.11. The lowest BCUT2D eigenvalue weighted by Gasteiger charge is -2.21. The van der Waals surface area contributed by atoms with Crippen molar-refractivity contribution in [2.75, 3.05) is 6.54 Å². The van der Waals surface area contributed by atoms with Gasteiger partial charge in [0.25, 0.3) is 0 Å². The summed E-state index contributed by atoms with van der Waals surface area (Å²) in [4.78, 5) is 10.1. The highest BCUT2D eigenvalue weighted by atomic mass is 32.2. The number of sulfonamides is 1. The third kappa shape index (κ3) is 3.31. The van der Waals surface area contributed by atoms with E-state index in [1.165, 1.54) is 0 Å². The van der Waals surface area contributed by atoms with Crippen LogP contribution in [0.25, 0.3) is 0 Å². The largest absolute Gasteiger partial charge is 0.481 e. The molecule has 1 aliphatic carbocycles. The first-order valence-corrected chi connectivity index (χ1v) is 7.44. The summed E-state index contributed by atoms with van der Waals surface area (Å²) in [5.74, 6) is -3.11. The van der Waals surface area contributed by atoms with E-state index in [9.17, 15) is 22.0 Å². The highest BCUT2D eigenvalue weighted by Crippen LogP contribution is 2.32. The van der Waals surface area contributed by atoms with Gasteiger partial charge in [-0.15, -0.1) is 0 Å². The summed E-state index contributed by atoms with van der Waals surface area (Å²) in [5, 5.41) is 8.65. The molecule has 20 heavy (non-hydrogen) atoms. The second-order valence-corrected chi connectivity index (χ2v) is 6.49. The van der Waals surface area contributed by atoms with Crippen molar-refractivity contribution >= 4 is 16.0 Å². The van der Waals surface area contributed by atoms with E-state index in [1.54, 1.807) is 0 Å². The third-order valence-corrected chi connectivity index (χ3v) is 4.87. The molecule has 0 aromatic heterocycles. The van der Waals surface area contributed by atoms with Gasteiger partial charge in [-0.2, -0.15) is 4.31 Å². The Kier molecular flexibility index (Phi) is 4.05. The van der Waals surface area contributed by atoms with Crippen molar-refractivity contribution in [1.29, 1.82) is 0 Å². The Morgan fingerprint density at radius 3 is 2.25 bits per heavy atom. The van der Waals surface area contributed by atoms with Crippen LogP contribution in [-0.2, 0) is 14.8 Å². The molecule has 0 atom stereocenters. The topological polar surface area (TPSA) is 74.7 Å². The summed E-state index contributed by atoms with van der Waals surface area (Å²) in [5.41, 5.74) is 0. The maximum absolute atomic E-state index is 13.1. The summed E-state index contributed by atoms with van der Waals surface area (Å²) < 4.78 is 51.9. The zero-order valence-corrected chi connectivity index (χ0v) is 11.2. The monoisotopic (exact) mass is 305 g/mol. The van der Waals surface area contributed by atoms with Crippen molar-refractivity contribution in [2.45, 2.75) is 30.2 Å². The Hall–Kier alpha value is -1.54. The van der Waals surface area contributed by atoms with Crippen LogP contribution >= 0.6 is 0 Å². The van der Waals surface area contributed by atoms with Gasteiger partial charge in [0.2, 0.25) is 10.0 Å². The lowest BCUT2D eigenvalue weighted by Crippen LogP contribution is -2.35. The molecule has 0 radical (unpaired) electrons. The van der Waals surface area contributed by atoms with E-state index >= 15 is 0 Å². The van der Waals surface area contributed by atoms with Gasteiger partial charge < -0.3 is 5.11 Å². The minimum atomic E-state index is -4.09. The number of benzene rings is 1. The molecule has 8 heteroatoms. The predicted octanol–water partition coefficient (Wildman–Crippen LogP) is 1.59. The van der Waals surface area contributed by atoms with Crippen LogP contribution in [0, 0.1) is 11.6 Å². The fourth-order valence-electron chi connectivity index (χ4n) is 1.88. The molecule has 0 bridgehead atoms. The molecule has 5 nitrogen and oxygen atoms in total. The highest BCUT2D eigenvalue weighted by molar-refractivity contribution is 7.89. The number of carboxylic acids is 1. The van der Waals surface area contributed by atoms with Gasteiger partial charge >= 0.3 is 5.97 Å². The fraction of sp³-hybridized carbons (Fsp3) is 0.417. The third-order valence-electron chi connectivity index (χ3n) is 2.94. The first-order valence-electron chi connectivity index (χ1n) is 6.00. The maximum Gasteiger partial charge on any atom is 0.304 e. The lowest BCUT2D eigenvalue weighted by atomic mass is 10.3. The molecule has 1 aliphatic rings. The van der Waals surface area contributed by atoms with Crippen molar-refractivity contribution < 1.29 is 27.1 Å². The van der Waals surface area contributed by atoms with Crippen LogP contribution in [-0.4, -0.2) is 36.4 Å². The van der Waals surface area contributed by atoms with Crippen molar-refractivity contribution in [2.24, 2.45) is 0 Å². The molecule has 1 aromatic rings. The molecule has 2 rings (SSSR count). The number of hydrogen-bond donors (Lipinski definition) is 1. The van der Waals surface area contributed by atoms with Gasteiger partial charge in [0.15, 0.2) is 0 Å². The zero-order chi connectivity index (χ0) is 14.9. The van der Waals surface area contributed by atoms with Gasteiger partial charge in [-0.3, -0.25) is 4.79 Å². The van der Waals surface area contributed by atoms with Crippen molar-refractivity contribution in [3.8, 4) is 0 Å². The van der Waals surface area contributed by atoms with E-state index in [0.29, 0.717) is 18.9 Å². The molecule has 0 aliphatic heterocycles. The summed E-state index contributed by atoms with van der Waals surface area (Å²) in [6.07, 6.45) is 0.890. The molecule has 110 valence electrons. The standard InChI is InChI=1S/C12H13F2NO4S/c13-8-5-9(14)7-11(6-8)20(18,19)15(10-1-2-10)4-3-12(16)17/h5-7,10H,1-4H2,(H,16,17). The normalized spacial score (nSPS) is 15.6. The summed E-state index contributed by atoms with van der Waals surface area (Å²) in [6, 6.07) is 1.76. The van der Waals surface area contributed by atoms with Gasteiger partial charge in [-0.05, 0) is 25.0 Å². The molecule has 0 saturated heterocycles. The predicted molar refractivity (Wildman–Crippen MR) is 65.5 cm³/mol. The Labute approximate surface area is 114 Å². The van der Waals surface area contributed by atoms with Gasteiger partial charge in [-0.25, -0.2) is 17.2 Å². The Morgan fingerprint density at radius 2 is 1.80 bits per heavy atom. The number of carboxylic acid groups (broad SMARTS) is 1. The summed E-state index contributed by atoms with van der Waals surface area (Å²) in [6.45, 7) is -0.208. The Morgan fingerprint density at radius 1 is 1.25 bits per heavy atom. The SMILES string of the molecule is O=C(O)CCN(C1CC1)S(=O)(=O)c1cc(F)cc(F)c1. The quantitative estimate of drug-likeness (QED) is 0.866. The molecule has 1 fully saturated rings. The smallest absolute Gasteiger partial charge is 0.304 e. The number of carbonyl (C=O) groups is 1. The van der Waals surface area contributed by atoms with E-state index in [0.717, 1.165) is 16.4 Å². The van der Waals surface area contributed by atoms with Gasteiger partial charge in [0, 0.05) is 18.7 Å². The molecule has 1 N–H and O–H groups in total. The van der Waals surface area contributed by atoms with Crippen LogP contribution < -0.4 is 0 Å². The second-order valence-electron chi connectivity index (χ2n) is 4.60. The van der Waals surface area contributed by atoms with Crippen molar-refractivity contribution in [3.05, 3.63) is 29.8 Å². The van der Waals surface area contributed by atoms with Crippen molar-refractivity contribution in [1.82, 2.24) is 4.31 Å². The maximum atomic E-state index is 13.1. The molecule has 0 unspecified atom stereocenters. The van der Waals surface area contributed by atoms with Crippen LogP contribution in [0.5, 0.6) is 0 Å². The summed E-state index contributed by atoms with van der Waals surface area (Å²) in [7, 11) is -4.09. The van der Waals surface area contributed by atoms with Crippen LogP contribution in [0.15, 0.2) is 23.1 Å². The van der Waals surface area contributed by atoms with E-state index in [4.69, 9.17) is 5.11 Å². The highest BCUT2D eigenvalue weighted by Gasteiger charge is 2.38. The van der Waals surface area contributed by atoms with Crippen LogP contribution in [0.2, 0.25) is 0 Å². The zero-order valence-electron chi connectivity index (χ0n) is 10.4. The number of hydrogen-bond acceptors (Lipinski definition) is 3. The van der Waals surface area contributed by atoms with Crippen LogP contribution in [0.3, 0.4) is 0 Å². The molecule has 1 aromatic carbocycles. The fourth-order valence-corrected chi connectivity index (χ4v) is 3.61. The Balaban J connectivity index is 2.32. The lowest BCUT2D eigenvalue weighted by molar-refractivity contribution is -0.137. The molecule has 0 amide bonds. The van der Waals surface area contributed by atoms with Crippen LogP contribution in [0.1, 0.15) is 19.3 Å².